The standard InChI is InChI=1S/C20H17N3O2S/c1-12-18(13-7-9-14(25-2)10-8-13)22-20(26-12)23-19(24)16-11-21-17-6-4-3-5-15(16)17/h3-11,21H,1-2H3,(H,22,23,24). The molecule has 0 saturated carbocycles. The fourth-order valence-corrected chi connectivity index (χ4v) is 3.72. The Kier molecular flexibility index (Phi) is 4.18. The number of H-pyrrole nitrogens is 1. The minimum atomic E-state index is -0.169. The molecule has 2 N–H and O–H groups in total. The molecule has 0 aliphatic heterocycles. The summed E-state index contributed by atoms with van der Waals surface area (Å²) in [6.07, 6.45) is 1.73. The average Bonchev–Trinajstić information content (AvgIpc) is 3.25. The lowest BCUT2D eigenvalue weighted by Crippen LogP contribution is -2.11. The Morgan fingerprint density at radius 2 is 1.92 bits per heavy atom. The molecular weight excluding hydrogens is 346 g/mol. The summed E-state index contributed by atoms with van der Waals surface area (Å²) in [6, 6.07) is 15.5. The number of aryl methyl sites for hydroxylation is 1. The van der Waals surface area contributed by atoms with Crippen LogP contribution in [0.4, 0.5) is 5.13 Å². The first-order valence-electron chi connectivity index (χ1n) is 8.15. The number of aromatic amines is 1. The van der Waals surface area contributed by atoms with E-state index in [-0.39, 0.29) is 5.91 Å². The maximum Gasteiger partial charge on any atom is 0.259 e. The van der Waals surface area contributed by atoms with Gasteiger partial charge in [0.1, 0.15) is 5.75 Å². The molecule has 4 rings (SSSR count). The van der Waals surface area contributed by atoms with Gasteiger partial charge in [-0.1, -0.05) is 18.2 Å². The predicted octanol–water partition coefficient (Wildman–Crippen LogP) is 4.86. The monoisotopic (exact) mass is 363 g/mol. The molecule has 0 radical (unpaired) electrons. The van der Waals surface area contributed by atoms with Crippen molar-refractivity contribution in [1.29, 1.82) is 0 Å². The highest BCUT2D eigenvalue weighted by molar-refractivity contribution is 7.16. The predicted molar refractivity (Wildman–Crippen MR) is 105 cm³/mol. The molecule has 1 amide bonds. The van der Waals surface area contributed by atoms with E-state index in [0.29, 0.717) is 10.7 Å². The highest BCUT2D eigenvalue weighted by Crippen LogP contribution is 2.31. The Labute approximate surface area is 154 Å². The zero-order valence-electron chi connectivity index (χ0n) is 14.4. The van der Waals surface area contributed by atoms with Gasteiger partial charge in [0, 0.05) is 27.5 Å². The molecule has 2 aromatic heterocycles. The van der Waals surface area contributed by atoms with E-state index in [1.165, 1.54) is 11.3 Å². The number of aromatic nitrogens is 2. The summed E-state index contributed by atoms with van der Waals surface area (Å²) >= 11 is 1.47. The van der Waals surface area contributed by atoms with Gasteiger partial charge in [0.15, 0.2) is 5.13 Å². The van der Waals surface area contributed by atoms with Crippen molar-refractivity contribution in [2.24, 2.45) is 0 Å². The van der Waals surface area contributed by atoms with Gasteiger partial charge >= 0.3 is 0 Å². The zero-order valence-corrected chi connectivity index (χ0v) is 15.2. The number of carbonyl (C=O) groups is 1. The number of fused-ring (bicyclic) bond motifs is 1. The second-order valence-corrected chi connectivity index (χ2v) is 7.06. The van der Waals surface area contributed by atoms with Crippen LogP contribution in [0.25, 0.3) is 22.2 Å². The van der Waals surface area contributed by atoms with Gasteiger partial charge in [-0.05, 0) is 37.3 Å². The van der Waals surface area contributed by atoms with Crippen LogP contribution in [0.5, 0.6) is 5.75 Å². The number of methoxy groups -OCH3 is 1. The van der Waals surface area contributed by atoms with Gasteiger partial charge in [-0.2, -0.15) is 0 Å². The van der Waals surface area contributed by atoms with Gasteiger partial charge in [0.2, 0.25) is 0 Å². The molecule has 26 heavy (non-hydrogen) atoms. The molecule has 2 aromatic carbocycles. The van der Waals surface area contributed by atoms with Crippen LogP contribution in [0, 0.1) is 6.92 Å². The summed E-state index contributed by atoms with van der Waals surface area (Å²) in [6.45, 7) is 2.00. The van der Waals surface area contributed by atoms with Gasteiger partial charge in [-0.15, -0.1) is 11.3 Å². The molecule has 130 valence electrons. The van der Waals surface area contributed by atoms with Crippen LogP contribution in [0.3, 0.4) is 0 Å². The third-order valence-corrected chi connectivity index (χ3v) is 5.10. The maximum atomic E-state index is 12.6. The number of benzene rings is 2. The second kappa shape index (κ2) is 6.65. The zero-order chi connectivity index (χ0) is 18.1. The largest absolute Gasteiger partial charge is 0.497 e. The van der Waals surface area contributed by atoms with Crippen molar-refractivity contribution in [2.45, 2.75) is 6.92 Å². The molecule has 0 aliphatic carbocycles. The number of ether oxygens (including phenoxy) is 1. The van der Waals surface area contributed by atoms with E-state index < -0.39 is 0 Å². The van der Waals surface area contributed by atoms with Crippen LogP contribution in [0.2, 0.25) is 0 Å². The molecule has 0 bridgehead atoms. The SMILES string of the molecule is COc1ccc(-c2nc(NC(=O)c3c[nH]c4ccccc34)sc2C)cc1. The van der Waals surface area contributed by atoms with Crippen molar-refractivity contribution in [3.8, 4) is 17.0 Å². The molecule has 0 unspecified atom stereocenters. The normalized spacial score (nSPS) is 10.8. The minimum Gasteiger partial charge on any atom is -0.497 e. The molecule has 0 atom stereocenters. The van der Waals surface area contributed by atoms with Crippen molar-refractivity contribution in [1.82, 2.24) is 9.97 Å². The number of anilines is 1. The van der Waals surface area contributed by atoms with Crippen molar-refractivity contribution in [2.75, 3.05) is 12.4 Å². The molecule has 5 nitrogen and oxygen atoms in total. The van der Waals surface area contributed by atoms with E-state index in [1.54, 1.807) is 13.3 Å². The van der Waals surface area contributed by atoms with E-state index in [1.807, 2.05) is 55.5 Å². The topological polar surface area (TPSA) is 67.0 Å². The lowest BCUT2D eigenvalue weighted by molar-refractivity contribution is 0.102. The lowest BCUT2D eigenvalue weighted by atomic mass is 10.1. The van der Waals surface area contributed by atoms with Gasteiger partial charge in [0.05, 0.1) is 18.4 Å². The molecule has 4 aromatic rings. The van der Waals surface area contributed by atoms with Crippen LogP contribution in [0.15, 0.2) is 54.7 Å². The number of hydrogen-bond acceptors (Lipinski definition) is 4. The van der Waals surface area contributed by atoms with E-state index >= 15 is 0 Å². The van der Waals surface area contributed by atoms with Crippen LogP contribution >= 0.6 is 11.3 Å². The highest BCUT2D eigenvalue weighted by atomic mass is 32.1. The summed E-state index contributed by atoms with van der Waals surface area (Å²) in [5.41, 5.74) is 3.41. The Morgan fingerprint density at radius 3 is 2.69 bits per heavy atom. The van der Waals surface area contributed by atoms with Crippen molar-refractivity contribution in [3.05, 3.63) is 65.2 Å². The molecule has 6 heteroatoms. The van der Waals surface area contributed by atoms with E-state index in [2.05, 4.69) is 15.3 Å². The number of thiazole rings is 1. The number of nitrogens with one attached hydrogen (secondary N) is 2. The second-order valence-electron chi connectivity index (χ2n) is 5.85. The van der Waals surface area contributed by atoms with Crippen LogP contribution in [-0.2, 0) is 0 Å². The first kappa shape index (κ1) is 16.4. The van der Waals surface area contributed by atoms with Crippen molar-refractivity contribution in [3.63, 3.8) is 0 Å². The summed E-state index contributed by atoms with van der Waals surface area (Å²) < 4.78 is 5.19. The van der Waals surface area contributed by atoms with Crippen LogP contribution in [0.1, 0.15) is 15.2 Å². The highest BCUT2D eigenvalue weighted by Gasteiger charge is 2.16. The molecule has 2 heterocycles. The summed E-state index contributed by atoms with van der Waals surface area (Å²) in [4.78, 5) is 21.4. The number of hydrogen-bond donors (Lipinski definition) is 2. The van der Waals surface area contributed by atoms with Gasteiger partial charge in [-0.25, -0.2) is 4.98 Å². The first-order chi connectivity index (χ1) is 12.7. The summed E-state index contributed by atoms with van der Waals surface area (Å²) in [5, 5.41) is 4.40. The van der Waals surface area contributed by atoms with Crippen molar-refractivity contribution >= 4 is 33.3 Å². The molecule has 0 spiro atoms. The number of amides is 1. The Hall–Kier alpha value is -3.12. The van der Waals surface area contributed by atoms with Gasteiger partial charge in [-0.3, -0.25) is 10.1 Å². The molecule has 0 saturated heterocycles. The molecule has 0 aliphatic rings. The minimum absolute atomic E-state index is 0.169. The third kappa shape index (κ3) is 2.95. The maximum absolute atomic E-state index is 12.6. The van der Waals surface area contributed by atoms with E-state index in [4.69, 9.17) is 4.74 Å². The van der Waals surface area contributed by atoms with E-state index in [0.717, 1.165) is 32.8 Å². The van der Waals surface area contributed by atoms with Crippen LogP contribution in [-0.4, -0.2) is 23.0 Å². The fourth-order valence-electron chi connectivity index (χ4n) is 2.89. The lowest BCUT2D eigenvalue weighted by Gasteiger charge is -2.02. The number of nitrogens with zero attached hydrogens (tertiary/aromatic N) is 1. The summed E-state index contributed by atoms with van der Waals surface area (Å²) in [7, 11) is 1.64. The van der Waals surface area contributed by atoms with Gasteiger partial charge < -0.3 is 9.72 Å². The smallest absolute Gasteiger partial charge is 0.259 e. The number of para-hydroxylation sites is 1. The first-order valence-corrected chi connectivity index (χ1v) is 8.96. The Morgan fingerprint density at radius 1 is 1.15 bits per heavy atom. The quantitative estimate of drug-likeness (QED) is 0.544. The van der Waals surface area contributed by atoms with E-state index in [9.17, 15) is 4.79 Å². The number of rotatable bonds is 4. The fraction of sp³-hybridized carbons (Fsp3) is 0.100. The Bertz CT molecular complexity index is 1080. The van der Waals surface area contributed by atoms with Gasteiger partial charge in [0.25, 0.3) is 5.91 Å². The summed E-state index contributed by atoms with van der Waals surface area (Å²) in [5.74, 6) is 0.631. The van der Waals surface area contributed by atoms with Crippen molar-refractivity contribution < 1.29 is 9.53 Å². The average molecular weight is 363 g/mol. The third-order valence-electron chi connectivity index (χ3n) is 4.21. The number of carbonyl (C=O) groups excluding carboxylic acids is 1. The Balaban J connectivity index is 1.60. The molecule has 0 fully saturated rings. The van der Waals surface area contributed by atoms with Crippen LogP contribution < -0.4 is 10.1 Å². The molecular formula is C20H17N3O2S.